The smallest absolute Gasteiger partial charge is 0.320 e. The Balaban J connectivity index is 2.34. The minimum atomic E-state index is -0.717. The summed E-state index contributed by atoms with van der Waals surface area (Å²) in [7, 11) is 0. The second kappa shape index (κ2) is 4.52. The number of carbonyl (C=O) groups is 2. The molecular formula is C12H6Cl2N2O2S. The van der Waals surface area contributed by atoms with Crippen LogP contribution in [0.4, 0.5) is 21.9 Å². The van der Waals surface area contributed by atoms with Crippen molar-refractivity contribution in [2.75, 3.05) is 10.2 Å². The number of halogens is 2. The number of nitrogens with one attached hydrogen (secondary N) is 1. The molecule has 0 saturated carbocycles. The number of fused-ring (bicyclic) bond motifs is 2. The number of nitrogens with zero attached hydrogens (tertiary/aromatic N) is 1. The first-order valence-electron chi connectivity index (χ1n) is 5.26. The Kier molecular flexibility index (Phi) is 2.97. The molecule has 0 radical (unpaired) electrons. The molecule has 2 heterocycles. The third-order valence-electron chi connectivity index (χ3n) is 2.76. The molecule has 0 saturated heterocycles. The van der Waals surface area contributed by atoms with E-state index in [9.17, 15) is 9.59 Å². The number of thiophene rings is 1. The van der Waals surface area contributed by atoms with E-state index in [1.165, 1.54) is 16.2 Å². The maximum absolute atomic E-state index is 12.1. The molecule has 96 valence electrons. The standard InChI is InChI=1S/C12H6Cl2N2O2S/c13-10-9-6(5-19-10)11(17)15-7-3-1-2-4-8(7)16(9)12(14)18/h1-5H,(H,15,17). The van der Waals surface area contributed by atoms with Gasteiger partial charge in [-0.25, -0.2) is 0 Å². The van der Waals surface area contributed by atoms with Crippen LogP contribution in [0.3, 0.4) is 0 Å². The first-order chi connectivity index (χ1) is 9.09. The van der Waals surface area contributed by atoms with Crippen LogP contribution < -0.4 is 10.2 Å². The molecule has 19 heavy (non-hydrogen) atoms. The Morgan fingerprint density at radius 3 is 2.79 bits per heavy atom. The van der Waals surface area contributed by atoms with Crippen molar-refractivity contribution in [3.8, 4) is 0 Å². The van der Waals surface area contributed by atoms with Crippen molar-refractivity contribution in [1.82, 2.24) is 0 Å². The van der Waals surface area contributed by atoms with Gasteiger partial charge in [-0.2, -0.15) is 0 Å². The molecule has 1 aliphatic rings. The maximum atomic E-state index is 12.1. The summed E-state index contributed by atoms with van der Waals surface area (Å²) < 4.78 is 0.343. The van der Waals surface area contributed by atoms with E-state index in [-0.39, 0.29) is 5.91 Å². The summed E-state index contributed by atoms with van der Waals surface area (Å²) in [6, 6.07) is 6.90. The van der Waals surface area contributed by atoms with Gasteiger partial charge in [0, 0.05) is 5.38 Å². The van der Waals surface area contributed by atoms with Gasteiger partial charge in [0.25, 0.3) is 5.91 Å². The topological polar surface area (TPSA) is 49.4 Å². The number of benzene rings is 1. The Morgan fingerprint density at radius 1 is 1.32 bits per heavy atom. The summed E-state index contributed by atoms with van der Waals surface area (Å²) in [6.07, 6.45) is 0. The van der Waals surface area contributed by atoms with Gasteiger partial charge in [-0.15, -0.1) is 11.3 Å². The van der Waals surface area contributed by atoms with Crippen molar-refractivity contribution in [3.63, 3.8) is 0 Å². The molecule has 7 heteroatoms. The van der Waals surface area contributed by atoms with E-state index in [4.69, 9.17) is 23.2 Å². The van der Waals surface area contributed by atoms with Crippen LogP contribution in [-0.4, -0.2) is 11.3 Å². The third kappa shape index (κ3) is 1.90. The van der Waals surface area contributed by atoms with E-state index in [0.717, 1.165) is 0 Å². The molecule has 4 nitrogen and oxygen atoms in total. The van der Waals surface area contributed by atoms with Gasteiger partial charge in [-0.05, 0) is 23.7 Å². The quantitative estimate of drug-likeness (QED) is 0.576. The molecule has 0 fully saturated rings. The second-order valence-corrected chi connectivity index (χ2v) is 5.64. The van der Waals surface area contributed by atoms with Crippen LogP contribution in [-0.2, 0) is 0 Å². The normalized spacial score (nSPS) is 13.4. The van der Waals surface area contributed by atoms with E-state index in [2.05, 4.69) is 5.32 Å². The average molecular weight is 313 g/mol. The van der Waals surface area contributed by atoms with Crippen molar-refractivity contribution in [3.05, 3.63) is 39.5 Å². The zero-order valence-electron chi connectivity index (χ0n) is 9.31. The van der Waals surface area contributed by atoms with Gasteiger partial charge >= 0.3 is 5.37 Å². The monoisotopic (exact) mass is 312 g/mol. The molecule has 0 bridgehead atoms. The van der Waals surface area contributed by atoms with Crippen molar-refractivity contribution in [2.24, 2.45) is 0 Å². The van der Waals surface area contributed by atoms with Gasteiger partial charge in [0.05, 0.1) is 22.6 Å². The average Bonchev–Trinajstić information content (AvgIpc) is 2.68. The maximum Gasteiger partial charge on any atom is 0.325 e. The third-order valence-corrected chi connectivity index (χ3v) is 4.13. The first-order valence-corrected chi connectivity index (χ1v) is 6.90. The van der Waals surface area contributed by atoms with E-state index in [1.807, 2.05) is 0 Å². The van der Waals surface area contributed by atoms with Crippen molar-refractivity contribution in [2.45, 2.75) is 0 Å². The molecule has 0 unspecified atom stereocenters. The lowest BCUT2D eigenvalue weighted by Crippen LogP contribution is -2.19. The summed E-state index contributed by atoms with van der Waals surface area (Å²) in [4.78, 5) is 25.1. The molecule has 1 aromatic heterocycles. The summed E-state index contributed by atoms with van der Waals surface area (Å²) in [5.41, 5.74) is 1.67. The number of rotatable bonds is 0. The lowest BCUT2D eigenvalue weighted by atomic mass is 10.2. The fourth-order valence-electron chi connectivity index (χ4n) is 1.96. The van der Waals surface area contributed by atoms with Crippen LogP contribution in [0.2, 0.25) is 4.34 Å². The molecule has 0 aliphatic carbocycles. The highest BCUT2D eigenvalue weighted by Crippen LogP contribution is 2.45. The Labute approximate surface area is 122 Å². The van der Waals surface area contributed by atoms with E-state index < -0.39 is 5.37 Å². The minimum absolute atomic E-state index is 0.314. The van der Waals surface area contributed by atoms with Crippen LogP contribution in [0, 0.1) is 0 Å². The summed E-state index contributed by atoms with van der Waals surface area (Å²) in [6.45, 7) is 0. The molecule has 1 aliphatic heterocycles. The van der Waals surface area contributed by atoms with Crippen molar-refractivity contribution in [1.29, 1.82) is 0 Å². The van der Waals surface area contributed by atoms with Crippen LogP contribution in [0.25, 0.3) is 0 Å². The zero-order chi connectivity index (χ0) is 13.6. The largest absolute Gasteiger partial charge is 0.325 e. The van der Waals surface area contributed by atoms with Crippen LogP contribution in [0.1, 0.15) is 10.4 Å². The van der Waals surface area contributed by atoms with Gasteiger partial charge in [0.1, 0.15) is 4.34 Å². The van der Waals surface area contributed by atoms with Gasteiger partial charge < -0.3 is 5.32 Å². The Bertz CT molecular complexity index is 699. The molecule has 0 spiro atoms. The lowest BCUT2D eigenvalue weighted by Gasteiger charge is -2.19. The first kappa shape index (κ1) is 12.5. The predicted octanol–water partition coefficient (Wildman–Crippen LogP) is 4.46. The summed E-state index contributed by atoms with van der Waals surface area (Å²) >= 11 is 12.9. The predicted molar refractivity (Wildman–Crippen MR) is 77.1 cm³/mol. The van der Waals surface area contributed by atoms with Gasteiger partial charge in [-0.3, -0.25) is 14.5 Å². The summed E-state index contributed by atoms with van der Waals surface area (Å²) in [5, 5.41) is 3.62. The minimum Gasteiger partial charge on any atom is -0.320 e. The number of amides is 2. The number of hydrogen-bond acceptors (Lipinski definition) is 3. The molecule has 2 amide bonds. The Hall–Kier alpha value is -1.56. The highest BCUT2D eigenvalue weighted by atomic mass is 35.5. The van der Waals surface area contributed by atoms with E-state index in [1.54, 1.807) is 29.6 Å². The number of hydrogen-bond donors (Lipinski definition) is 1. The number of anilines is 3. The van der Waals surface area contributed by atoms with Crippen LogP contribution in [0.5, 0.6) is 0 Å². The SMILES string of the molecule is O=C1Nc2ccccc2N(C(=O)Cl)c2c1csc2Cl. The molecular weight excluding hydrogens is 307 g/mol. The highest BCUT2D eigenvalue weighted by Gasteiger charge is 2.31. The fraction of sp³-hybridized carbons (Fsp3) is 0. The molecule has 1 N–H and O–H groups in total. The fourth-order valence-corrected chi connectivity index (χ4v) is 3.21. The van der Waals surface area contributed by atoms with Crippen molar-refractivity contribution < 1.29 is 9.59 Å². The van der Waals surface area contributed by atoms with Gasteiger partial charge in [0.2, 0.25) is 0 Å². The van der Waals surface area contributed by atoms with Gasteiger partial charge in [0.15, 0.2) is 0 Å². The van der Waals surface area contributed by atoms with Crippen molar-refractivity contribution >= 4 is 62.9 Å². The molecule has 1 aromatic carbocycles. The molecule has 2 aromatic rings. The number of carbonyl (C=O) groups excluding carboxylic acids is 2. The van der Waals surface area contributed by atoms with Crippen LogP contribution >= 0.6 is 34.5 Å². The van der Waals surface area contributed by atoms with E-state index >= 15 is 0 Å². The van der Waals surface area contributed by atoms with Crippen LogP contribution in [0.15, 0.2) is 29.6 Å². The zero-order valence-corrected chi connectivity index (χ0v) is 11.6. The highest BCUT2D eigenvalue weighted by molar-refractivity contribution is 7.15. The number of para-hydroxylation sites is 2. The second-order valence-electron chi connectivity index (χ2n) is 3.83. The molecule has 3 rings (SSSR count). The van der Waals surface area contributed by atoms with E-state index in [0.29, 0.717) is 27.0 Å². The summed E-state index contributed by atoms with van der Waals surface area (Å²) in [5.74, 6) is -0.314. The lowest BCUT2D eigenvalue weighted by molar-refractivity contribution is 0.102. The Morgan fingerprint density at radius 2 is 2.05 bits per heavy atom. The van der Waals surface area contributed by atoms with Gasteiger partial charge in [-0.1, -0.05) is 23.7 Å². The molecule has 0 atom stereocenters.